The van der Waals surface area contributed by atoms with Crippen molar-refractivity contribution in [3.8, 4) is 0 Å². The maximum absolute atomic E-state index is 13.2. The molecule has 0 atom stereocenters. The minimum absolute atomic E-state index is 0.0728. The van der Waals surface area contributed by atoms with Crippen LogP contribution in [0.25, 0.3) is 0 Å². The highest BCUT2D eigenvalue weighted by molar-refractivity contribution is 6.33. The Morgan fingerprint density at radius 1 is 1.00 bits per heavy atom. The van der Waals surface area contributed by atoms with Gasteiger partial charge in [0.15, 0.2) is 0 Å². The second-order valence-corrected chi connectivity index (χ2v) is 9.17. The number of hydrogen-bond acceptors (Lipinski definition) is 4. The minimum Gasteiger partial charge on any atom is -0.325 e. The van der Waals surface area contributed by atoms with E-state index in [4.69, 9.17) is 11.6 Å². The van der Waals surface area contributed by atoms with E-state index in [1.807, 2.05) is 0 Å². The van der Waals surface area contributed by atoms with E-state index in [0.29, 0.717) is 30.2 Å². The van der Waals surface area contributed by atoms with Crippen LogP contribution in [0.3, 0.4) is 0 Å². The average Bonchev–Trinajstić information content (AvgIpc) is 2.96. The number of rotatable bonds is 7. The second kappa shape index (κ2) is 11.5. The van der Waals surface area contributed by atoms with Crippen molar-refractivity contribution in [2.75, 3.05) is 30.3 Å². The van der Waals surface area contributed by atoms with Crippen LogP contribution in [0.5, 0.6) is 0 Å². The maximum Gasteiger partial charge on any atom is 0.260 e. The molecule has 7 nitrogen and oxygen atoms in total. The van der Waals surface area contributed by atoms with Gasteiger partial charge in [0.05, 0.1) is 24.3 Å². The van der Waals surface area contributed by atoms with Gasteiger partial charge in [-0.05, 0) is 68.8 Å². The zero-order valence-electron chi connectivity index (χ0n) is 19.7. The lowest BCUT2D eigenvalue weighted by Gasteiger charge is -2.19. The van der Waals surface area contributed by atoms with Gasteiger partial charge in [0.1, 0.15) is 11.0 Å². The molecule has 0 aliphatic carbocycles. The van der Waals surface area contributed by atoms with E-state index in [2.05, 4.69) is 20.6 Å². The number of hydrogen-bond donors (Lipinski definition) is 2. The Kier molecular flexibility index (Phi) is 8.15. The Bertz CT molecular complexity index is 1190. The zero-order valence-corrected chi connectivity index (χ0v) is 20.4. The van der Waals surface area contributed by atoms with Gasteiger partial charge in [0, 0.05) is 11.4 Å². The van der Waals surface area contributed by atoms with Gasteiger partial charge in [-0.1, -0.05) is 42.6 Å². The number of carbonyl (C=O) groups excluding carboxylic acids is 2. The number of halogens is 2. The molecule has 0 unspecified atom stereocenters. The van der Waals surface area contributed by atoms with Crippen LogP contribution in [0, 0.1) is 12.7 Å². The van der Waals surface area contributed by atoms with Crippen molar-refractivity contribution in [2.24, 2.45) is 0 Å². The molecule has 1 saturated heterocycles. The summed E-state index contributed by atoms with van der Waals surface area (Å²) in [6, 6.07) is 13.0. The summed E-state index contributed by atoms with van der Waals surface area (Å²) in [7, 11) is 0. The topological polar surface area (TPSA) is 79.3 Å². The molecule has 1 aliphatic heterocycles. The standard InChI is InChI=1S/C26H29ClFN5O2/c1-18-24(25(27)33(31-18)16-19-9-11-20(28)12-10-19)26(35)30-22-8-6-7-21(15-22)29-23(34)17-32-13-4-2-3-5-14-32/h6-12,15H,2-5,13-14,16-17H2,1H3,(H,29,34)(H,30,35). The molecule has 2 amide bonds. The molecule has 35 heavy (non-hydrogen) atoms. The summed E-state index contributed by atoms with van der Waals surface area (Å²) in [5.74, 6) is -0.792. The molecule has 0 saturated carbocycles. The smallest absolute Gasteiger partial charge is 0.260 e. The quantitative estimate of drug-likeness (QED) is 0.476. The Balaban J connectivity index is 1.40. The monoisotopic (exact) mass is 497 g/mol. The minimum atomic E-state index is -0.397. The summed E-state index contributed by atoms with van der Waals surface area (Å²) >= 11 is 6.48. The molecule has 0 radical (unpaired) electrons. The van der Waals surface area contributed by atoms with Crippen LogP contribution in [0.15, 0.2) is 48.5 Å². The van der Waals surface area contributed by atoms with Gasteiger partial charge in [-0.25, -0.2) is 9.07 Å². The SMILES string of the molecule is Cc1nn(Cc2ccc(F)cc2)c(Cl)c1C(=O)Nc1cccc(NC(=O)CN2CCCCCC2)c1. The highest BCUT2D eigenvalue weighted by Gasteiger charge is 2.21. The predicted molar refractivity (Wildman–Crippen MR) is 135 cm³/mol. The largest absolute Gasteiger partial charge is 0.325 e. The van der Waals surface area contributed by atoms with E-state index in [-0.39, 0.29) is 22.4 Å². The fourth-order valence-electron chi connectivity index (χ4n) is 4.24. The molecule has 1 fully saturated rings. The van der Waals surface area contributed by atoms with Crippen LogP contribution in [0.1, 0.15) is 47.3 Å². The molecular formula is C26H29ClFN5O2. The number of likely N-dealkylation sites (tertiary alicyclic amines) is 1. The van der Waals surface area contributed by atoms with Gasteiger partial charge >= 0.3 is 0 Å². The number of nitrogens with one attached hydrogen (secondary N) is 2. The van der Waals surface area contributed by atoms with Gasteiger partial charge in [0.25, 0.3) is 5.91 Å². The summed E-state index contributed by atoms with van der Waals surface area (Å²) < 4.78 is 14.7. The van der Waals surface area contributed by atoms with Crippen molar-refractivity contribution in [1.82, 2.24) is 14.7 Å². The van der Waals surface area contributed by atoms with Crippen molar-refractivity contribution in [3.63, 3.8) is 0 Å². The number of nitrogens with zero attached hydrogens (tertiary/aromatic N) is 3. The van der Waals surface area contributed by atoms with Crippen molar-refractivity contribution in [1.29, 1.82) is 0 Å². The van der Waals surface area contributed by atoms with Gasteiger partial charge in [0.2, 0.25) is 5.91 Å². The summed E-state index contributed by atoms with van der Waals surface area (Å²) in [6.45, 7) is 4.27. The van der Waals surface area contributed by atoms with Crippen LogP contribution in [-0.2, 0) is 11.3 Å². The van der Waals surface area contributed by atoms with Gasteiger partial charge in [-0.3, -0.25) is 14.5 Å². The van der Waals surface area contributed by atoms with Gasteiger partial charge < -0.3 is 10.6 Å². The Hall–Kier alpha value is -3.23. The molecule has 2 N–H and O–H groups in total. The first-order valence-corrected chi connectivity index (χ1v) is 12.2. The van der Waals surface area contributed by atoms with Crippen molar-refractivity contribution >= 4 is 34.8 Å². The lowest BCUT2D eigenvalue weighted by atomic mass is 10.2. The molecule has 9 heteroatoms. The highest BCUT2D eigenvalue weighted by Crippen LogP contribution is 2.23. The third kappa shape index (κ3) is 6.68. The number of anilines is 2. The van der Waals surface area contributed by atoms with Crippen molar-refractivity contribution in [3.05, 3.63) is 76.3 Å². The number of aromatic nitrogens is 2. The number of carbonyl (C=O) groups is 2. The van der Waals surface area contributed by atoms with Gasteiger partial charge in [-0.2, -0.15) is 5.10 Å². The number of benzene rings is 2. The molecule has 0 spiro atoms. The maximum atomic E-state index is 13.2. The van der Waals surface area contributed by atoms with Crippen LogP contribution in [0.2, 0.25) is 5.15 Å². The first-order chi connectivity index (χ1) is 16.9. The Morgan fingerprint density at radius 3 is 2.34 bits per heavy atom. The fourth-order valence-corrected chi connectivity index (χ4v) is 4.57. The number of aryl methyl sites for hydroxylation is 1. The van der Waals surface area contributed by atoms with E-state index < -0.39 is 5.91 Å². The lowest BCUT2D eigenvalue weighted by molar-refractivity contribution is -0.117. The molecule has 3 aromatic rings. The summed E-state index contributed by atoms with van der Waals surface area (Å²) in [4.78, 5) is 27.7. The third-order valence-electron chi connectivity index (χ3n) is 6.01. The molecule has 0 bridgehead atoms. The van der Waals surface area contributed by atoms with E-state index in [9.17, 15) is 14.0 Å². The zero-order chi connectivity index (χ0) is 24.8. The molecule has 1 aromatic heterocycles. The molecule has 184 valence electrons. The van der Waals surface area contributed by atoms with Crippen LogP contribution in [0.4, 0.5) is 15.8 Å². The Morgan fingerprint density at radius 2 is 1.66 bits per heavy atom. The summed E-state index contributed by atoms with van der Waals surface area (Å²) in [6.07, 6.45) is 4.68. The molecule has 2 aromatic carbocycles. The summed E-state index contributed by atoms with van der Waals surface area (Å²) in [5, 5.41) is 10.3. The van der Waals surface area contributed by atoms with Crippen LogP contribution in [-0.4, -0.2) is 46.1 Å². The molecule has 1 aliphatic rings. The van der Waals surface area contributed by atoms with E-state index in [1.54, 1.807) is 43.3 Å². The predicted octanol–water partition coefficient (Wildman–Crippen LogP) is 5.10. The second-order valence-electron chi connectivity index (χ2n) is 8.81. The third-order valence-corrected chi connectivity index (χ3v) is 6.39. The van der Waals surface area contributed by atoms with E-state index in [1.165, 1.54) is 29.7 Å². The molecule has 4 rings (SSSR count). The normalized spacial score (nSPS) is 14.4. The average molecular weight is 498 g/mol. The molecular weight excluding hydrogens is 469 g/mol. The van der Waals surface area contributed by atoms with Gasteiger partial charge in [-0.15, -0.1) is 0 Å². The first-order valence-electron chi connectivity index (χ1n) is 11.8. The number of amides is 2. The Labute approximate surface area is 209 Å². The molecule has 2 heterocycles. The highest BCUT2D eigenvalue weighted by atomic mass is 35.5. The lowest BCUT2D eigenvalue weighted by Crippen LogP contribution is -2.33. The first kappa shape index (κ1) is 24.9. The summed E-state index contributed by atoms with van der Waals surface area (Å²) in [5.41, 5.74) is 2.70. The van der Waals surface area contributed by atoms with E-state index in [0.717, 1.165) is 31.5 Å². The van der Waals surface area contributed by atoms with Crippen molar-refractivity contribution in [2.45, 2.75) is 39.2 Å². The van der Waals surface area contributed by atoms with E-state index >= 15 is 0 Å². The van der Waals surface area contributed by atoms with Crippen LogP contribution >= 0.6 is 11.6 Å². The van der Waals surface area contributed by atoms with Crippen LogP contribution < -0.4 is 10.6 Å². The van der Waals surface area contributed by atoms with Crippen molar-refractivity contribution < 1.29 is 14.0 Å². The fraction of sp³-hybridized carbons (Fsp3) is 0.346.